The van der Waals surface area contributed by atoms with Gasteiger partial charge in [0.05, 0.1) is 17.7 Å². The highest BCUT2D eigenvalue weighted by molar-refractivity contribution is 9.10. The fourth-order valence-electron chi connectivity index (χ4n) is 1.84. The molecule has 24 heavy (non-hydrogen) atoms. The molecule has 7 nitrogen and oxygen atoms in total. The van der Waals surface area contributed by atoms with E-state index in [1.165, 1.54) is 13.2 Å². The van der Waals surface area contributed by atoms with Crippen molar-refractivity contribution in [1.29, 1.82) is 0 Å². The van der Waals surface area contributed by atoms with Gasteiger partial charge in [0.15, 0.2) is 6.61 Å². The molecule has 9 heteroatoms. The number of benzene rings is 2. The van der Waals surface area contributed by atoms with Gasteiger partial charge in [-0.05, 0) is 24.3 Å². The van der Waals surface area contributed by atoms with E-state index in [-0.39, 0.29) is 5.75 Å². The molecule has 126 valence electrons. The average molecular weight is 399 g/mol. The van der Waals surface area contributed by atoms with Gasteiger partial charge in [0.25, 0.3) is 5.91 Å². The maximum absolute atomic E-state index is 13.5. The lowest BCUT2D eigenvalue weighted by atomic mass is 10.3. The molecule has 0 atom stereocenters. The molecule has 1 amide bonds. The first kappa shape index (κ1) is 17.7. The second-order valence-corrected chi connectivity index (χ2v) is 5.47. The Labute approximate surface area is 144 Å². The lowest BCUT2D eigenvalue weighted by Gasteiger charge is -2.11. The quantitative estimate of drug-likeness (QED) is 0.593. The van der Waals surface area contributed by atoms with Crippen LogP contribution in [0.5, 0.6) is 11.5 Å². The summed E-state index contributed by atoms with van der Waals surface area (Å²) in [6.07, 6.45) is 0. The third-order valence-corrected chi connectivity index (χ3v) is 3.41. The first-order valence-corrected chi connectivity index (χ1v) is 7.40. The molecule has 0 bridgehead atoms. The highest BCUT2D eigenvalue weighted by Gasteiger charge is 2.15. The number of nitrogens with zero attached hydrogens (tertiary/aromatic N) is 1. The predicted octanol–water partition coefficient (Wildman–Crippen LogP) is 3.52. The number of nitrogens with one attached hydrogen (secondary N) is 1. The fourth-order valence-corrected chi connectivity index (χ4v) is 2.20. The highest BCUT2D eigenvalue weighted by atomic mass is 79.9. The summed E-state index contributed by atoms with van der Waals surface area (Å²) in [4.78, 5) is 21.6. The van der Waals surface area contributed by atoms with Crippen molar-refractivity contribution in [3.05, 3.63) is 56.8 Å². The maximum Gasteiger partial charge on any atom is 0.305 e. The van der Waals surface area contributed by atoms with Crippen LogP contribution in [-0.4, -0.2) is 24.5 Å². The summed E-state index contributed by atoms with van der Waals surface area (Å²) in [5.41, 5.74) is -0.221. The van der Waals surface area contributed by atoms with Crippen LogP contribution in [0.25, 0.3) is 0 Å². The minimum absolute atomic E-state index is 0.00876. The van der Waals surface area contributed by atoms with Gasteiger partial charge in [0.2, 0.25) is 5.82 Å². The van der Waals surface area contributed by atoms with Crippen LogP contribution in [0, 0.1) is 15.9 Å². The standard InChI is InChI=1S/C15H12BrFN2O5/c1-23-14-5-2-9(16)6-12(14)18-15(20)8-24-10-3-4-13(19(21)22)11(17)7-10/h2-7H,8H2,1H3,(H,18,20). The van der Waals surface area contributed by atoms with Crippen LogP contribution in [0.15, 0.2) is 40.9 Å². The van der Waals surface area contributed by atoms with E-state index in [1.54, 1.807) is 18.2 Å². The number of anilines is 1. The summed E-state index contributed by atoms with van der Waals surface area (Å²) in [5, 5.41) is 13.1. The number of carbonyl (C=O) groups is 1. The smallest absolute Gasteiger partial charge is 0.305 e. The van der Waals surface area contributed by atoms with Crippen molar-refractivity contribution in [3.63, 3.8) is 0 Å². The van der Waals surface area contributed by atoms with E-state index >= 15 is 0 Å². The summed E-state index contributed by atoms with van der Waals surface area (Å²) in [7, 11) is 1.47. The molecule has 2 rings (SSSR count). The molecule has 0 aromatic heterocycles. The predicted molar refractivity (Wildman–Crippen MR) is 87.9 cm³/mol. The maximum atomic E-state index is 13.5. The SMILES string of the molecule is COc1ccc(Br)cc1NC(=O)COc1ccc([N+](=O)[O-])c(F)c1. The Morgan fingerprint density at radius 2 is 2.08 bits per heavy atom. The molecule has 2 aromatic rings. The molecule has 0 unspecified atom stereocenters. The molecule has 0 fully saturated rings. The fraction of sp³-hybridized carbons (Fsp3) is 0.133. The summed E-state index contributed by atoms with van der Waals surface area (Å²) in [6, 6.07) is 8.12. The van der Waals surface area contributed by atoms with E-state index in [2.05, 4.69) is 21.2 Å². The Bertz CT molecular complexity index is 784. The third kappa shape index (κ3) is 4.42. The van der Waals surface area contributed by atoms with Gasteiger partial charge in [0.1, 0.15) is 11.5 Å². The monoisotopic (exact) mass is 398 g/mol. The topological polar surface area (TPSA) is 90.7 Å². The minimum atomic E-state index is -1.04. The van der Waals surface area contributed by atoms with Crippen LogP contribution in [0.1, 0.15) is 0 Å². The molecule has 0 spiro atoms. The van der Waals surface area contributed by atoms with Crippen LogP contribution >= 0.6 is 15.9 Å². The van der Waals surface area contributed by atoms with Gasteiger partial charge in [0, 0.05) is 16.6 Å². The summed E-state index contributed by atoms with van der Waals surface area (Å²) in [6.45, 7) is -0.396. The molecule has 0 radical (unpaired) electrons. The van der Waals surface area contributed by atoms with Gasteiger partial charge in [-0.25, -0.2) is 0 Å². The highest BCUT2D eigenvalue weighted by Crippen LogP contribution is 2.28. The van der Waals surface area contributed by atoms with Gasteiger partial charge in [-0.2, -0.15) is 4.39 Å². The van der Waals surface area contributed by atoms with Crippen molar-refractivity contribution in [3.8, 4) is 11.5 Å². The van der Waals surface area contributed by atoms with Gasteiger partial charge < -0.3 is 14.8 Å². The normalized spacial score (nSPS) is 10.1. The number of nitro benzene ring substituents is 1. The second kappa shape index (κ2) is 7.73. The number of nitro groups is 1. The Kier molecular flexibility index (Phi) is 5.69. The van der Waals surface area contributed by atoms with E-state index in [4.69, 9.17) is 9.47 Å². The van der Waals surface area contributed by atoms with Crippen molar-refractivity contribution in [2.24, 2.45) is 0 Å². The zero-order valence-corrected chi connectivity index (χ0v) is 14.0. The molecule has 0 aliphatic carbocycles. The van der Waals surface area contributed by atoms with E-state index < -0.39 is 28.9 Å². The Hall–Kier alpha value is -2.68. The number of carbonyl (C=O) groups excluding carboxylic acids is 1. The number of hydrogen-bond donors (Lipinski definition) is 1. The van der Waals surface area contributed by atoms with Crippen LogP contribution in [0.4, 0.5) is 15.8 Å². The van der Waals surface area contributed by atoms with Crippen LogP contribution in [-0.2, 0) is 4.79 Å². The summed E-state index contributed by atoms with van der Waals surface area (Å²) < 4.78 is 24.5. The number of rotatable bonds is 6. The lowest BCUT2D eigenvalue weighted by Crippen LogP contribution is -2.20. The van der Waals surface area contributed by atoms with Crippen molar-refractivity contribution >= 4 is 33.2 Å². The Balaban J connectivity index is 2.00. The number of halogens is 2. The van der Waals surface area contributed by atoms with Gasteiger partial charge in [-0.1, -0.05) is 15.9 Å². The van der Waals surface area contributed by atoms with Crippen molar-refractivity contribution < 1.29 is 23.6 Å². The van der Waals surface area contributed by atoms with Gasteiger partial charge in [-0.3, -0.25) is 14.9 Å². The van der Waals surface area contributed by atoms with Crippen molar-refractivity contribution in [2.75, 3.05) is 19.0 Å². The minimum Gasteiger partial charge on any atom is -0.495 e. The zero-order valence-electron chi connectivity index (χ0n) is 12.4. The summed E-state index contributed by atoms with van der Waals surface area (Å²) >= 11 is 3.28. The third-order valence-electron chi connectivity index (χ3n) is 2.92. The molecule has 0 saturated heterocycles. The first-order chi connectivity index (χ1) is 11.4. The van der Waals surface area contributed by atoms with Crippen LogP contribution in [0.3, 0.4) is 0 Å². The average Bonchev–Trinajstić information content (AvgIpc) is 2.53. The Morgan fingerprint density at radius 1 is 1.33 bits per heavy atom. The molecule has 1 N–H and O–H groups in total. The number of hydrogen-bond acceptors (Lipinski definition) is 5. The summed E-state index contributed by atoms with van der Waals surface area (Å²) in [5.74, 6) is -1.06. The second-order valence-electron chi connectivity index (χ2n) is 4.55. The largest absolute Gasteiger partial charge is 0.495 e. The molecule has 2 aromatic carbocycles. The van der Waals surface area contributed by atoms with Crippen molar-refractivity contribution in [2.45, 2.75) is 0 Å². The van der Waals surface area contributed by atoms with E-state index in [9.17, 15) is 19.3 Å². The molecule has 0 aliphatic heterocycles. The van der Waals surface area contributed by atoms with Crippen molar-refractivity contribution in [1.82, 2.24) is 0 Å². The number of methoxy groups -OCH3 is 1. The number of ether oxygens (including phenoxy) is 2. The lowest BCUT2D eigenvalue weighted by molar-refractivity contribution is -0.387. The Morgan fingerprint density at radius 3 is 2.71 bits per heavy atom. The molecular formula is C15H12BrFN2O5. The van der Waals surface area contributed by atoms with Crippen LogP contribution < -0.4 is 14.8 Å². The molecule has 0 aliphatic rings. The molecule has 0 heterocycles. The first-order valence-electron chi connectivity index (χ1n) is 6.61. The van der Waals surface area contributed by atoms with Gasteiger partial charge >= 0.3 is 5.69 Å². The van der Waals surface area contributed by atoms with E-state index in [0.29, 0.717) is 11.4 Å². The molecule has 0 saturated carbocycles. The zero-order chi connectivity index (χ0) is 17.7. The van der Waals surface area contributed by atoms with Gasteiger partial charge in [-0.15, -0.1) is 0 Å². The molecular weight excluding hydrogens is 387 g/mol. The van der Waals surface area contributed by atoms with Crippen LogP contribution in [0.2, 0.25) is 0 Å². The van der Waals surface area contributed by atoms with E-state index in [1.807, 2.05) is 0 Å². The number of amides is 1. The van der Waals surface area contributed by atoms with E-state index in [0.717, 1.165) is 16.6 Å².